The van der Waals surface area contributed by atoms with Gasteiger partial charge in [0.1, 0.15) is 0 Å². The van der Waals surface area contributed by atoms with Gasteiger partial charge in [0.25, 0.3) is 0 Å². The summed E-state index contributed by atoms with van der Waals surface area (Å²) in [5.74, 6) is -0.0828. The molecule has 0 spiro atoms. The SMILES string of the molecule is CC(=O)c1c(/C=N\NCc2csc(N)n2)c2sc(S(C)=O)nc2n1C. The van der Waals surface area contributed by atoms with Crippen molar-refractivity contribution in [2.45, 2.75) is 17.8 Å². The number of fused-ring (bicyclic) bond motifs is 1. The fraction of sp³-hybridized carbons (Fsp3) is 0.286. The number of hydrogen-bond acceptors (Lipinski definition) is 9. The van der Waals surface area contributed by atoms with Crippen molar-refractivity contribution in [2.24, 2.45) is 12.1 Å². The second kappa shape index (κ2) is 7.02. The normalized spacial score (nSPS) is 12.9. The van der Waals surface area contributed by atoms with E-state index in [1.165, 1.54) is 29.6 Å². The highest BCUT2D eigenvalue weighted by Gasteiger charge is 2.22. The Hall–Kier alpha value is -2.11. The lowest BCUT2D eigenvalue weighted by molar-refractivity contribution is 0.101. The van der Waals surface area contributed by atoms with Gasteiger partial charge in [0.15, 0.2) is 20.9 Å². The standard InChI is InChI=1S/C14H16N6O2S3/c1-7(21)10-9(5-17-16-4-8-6-23-13(15)18-8)11-12(20(10)2)19-14(24-11)25(3)22/h5-6,16H,4H2,1-3H3,(H2,15,18)/b17-5-. The van der Waals surface area contributed by atoms with E-state index < -0.39 is 10.8 Å². The Morgan fingerprint density at radius 2 is 2.28 bits per heavy atom. The Kier molecular flexibility index (Phi) is 4.97. The van der Waals surface area contributed by atoms with Crippen LogP contribution in [0.5, 0.6) is 0 Å². The highest BCUT2D eigenvalue weighted by Crippen LogP contribution is 2.31. The molecule has 0 aliphatic rings. The van der Waals surface area contributed by atoms with Gasteiger partial charge in [-0.05, 0) is 0 Å². The number of nitrogens with two attached hydrogens (primary N) is 1. The smallest absolute Gasteiger partial charge is 0.183 e. The van der Waals surface area contributed by atoms with E-state index in [2.05, 4.69) is 20.5 Å². The average molecular weight is 397 g/mol. The number of carbonyl (C=O) groups is 1. The molecule has 132 valence electrons. The molecule has 0 amide bonds. The topological polar surface area (TPSA) is 115 Å². The molecular formula is C14H16N6O2S3. The van der Waals surface area contributed by atoms with Gasteiger partial charge in [-0.1, -0.05) is 0 Å². The molecule has 3 heterocycles. The number of anilines is 1. The number of ketones is 1. The molecule has 0 bridgehead atoms. The number of thiazole rings is 2. The van der Waals surface area contributed by atoms with Crippen LogP contribution in [0.2, 0.25) is 0 Å². The maximum atomic E-state index is 12.0. The largest absolute Gasteiger partial charge is 0.375 e. The monoisotopic (exact) mass is 396 g/mol. The first-order chi connectivity index (χ1) is 11.9. The highest BCUT2D eigenvalue weighted by molar-refractivity contribution is 7.86. The van der Waals surface area contributed by atoms with Crippen LogP contribution in [0.1, 0.15) is 28.7 Å². The van der Waals surface area contributed by atoms with Gasteiger partial charge in [0, 0.05) is 31.2 Å². The number of nitrogen functional groups attached to an aromatic ring is 1. The molecule has 3 N–H and O–H groups in total. The van der Waals surface area contributed by atoms with Crippen molar-refractivity contribution in [3.05, 3.63) is 22.3 Å². The van der Waals surface area contributed by atoms with Gasteiger partial charge in [-0.2, -0.15) is 5.10 Å². The van der Waals surface area contributed by atoms with E-state index in [-0.39, 0.29) is 5.78 Å². The Bertz CT molecular complexity index is 1000. The number of hydrogen-bond donors (Lipinski definition) is 2. The van der Waals surface area contributed by atoms with Crippen molar-refractivity contribution in [3.63, 3.8) is 0 Å². The van der Waals surface area contributed by atoms with E-state index in [0.717, 1.165) is 10.4 Å². The van der Waals surface area contributed by atoms with Crippen LogP contribution in [0, 0.1) is 0 Å². The fourth-order valence-corrected chi connectivity index (χ4v) is 4.74. The quantitative estimate of drug-likeness (QED) is 0.372. The third-order valence-corrected chi connectivity index (χ3v) is 6.57. The second-order valence-corrected chi connectivity index (χ2v) is 8.68. The lowest BCUT2D eigenvalue weighted by Gasteiger charge is -2.01. The number of nitrogens with one attached hydrogen (secondary N) is 1. The first kappa shape index (κ1) is 17.7. The summed E-state index contributed by atoms with van der Waals surface area (Å²) in [6.45, 7) is 1.93. The van der Waals surface area contributed by atoms with Crippen LogP contribution in [-0.4, -0.2) is 37.0 Å². The van der Waals surface area contributed by atoms with Crippen molar-refractivity contribution >= 4 is 60.9 Å². The molecule has 3 aromatic heterocycles. The van der Waals surface area contributed by atoms with Gasteiger partial charge in [0.2, 0.25) is 0 Å². The van der Waals surface area contributed by atoms with E-state index in [4.69, 9.17) is 5.73 Å². The van der Waals surface area contributed by atoms with Crippen molar-refractivity contribution in [1.29, 1.82) is 0 Å². The molecule has 1 unspecified atom stereocenters. The minimum atomic E-state index is -1.17. The van der Waals surface area contributed by atoms with Crippen molar-refractivity contribution in [3.8, 4) is 0 Å². The van der Waals surface area contributed by atoms with Crippen LogP contribution < -0.4 is 11.2 Å². The van der Waals surface area contributed by atoms with Crippen LogP contribution in [0.15, 0.2) is 14.8 Å². The maximum Gasteiger partial charge on any atom is 0.183 e. The summed E-state index contributed by atoms with van der Waals surface area (Å²) < 4.78 is 14.7. The molecule has 11 heteroatoms. The molecule has 0 aromatic carbocycles. The summed E-state index contributed by atoms with van der Waals surface area (Å²) in [5.41, 5.74) is 11.1. The molecule has 8 nitrogen and oxygen atoms in total. The molecule has 0 aliphatic heterocycles. The van der Waals surface area contributed by atoms with E-state index in [0.29, 0.717) is 32.9 Å². The third-order valence-electron chi connectivity index (χ3n) is 3.44. The lowest BCUT2D eigenvalue weighted by atomic mass is 10.2. The number of aromatic nitrogens is 3. The molecule has 1 atom stereocenters. The Morgan fingerprint density at radius 3 is 2.88 bits per heavy atom. The van der Waals surface area contributed by atoms with Crippen molar-refractivity contribution in [2.75, 3.05) is 12.0 Å². The number of hydrazone groups is 1. The van der Waals surface area contributed by atoms with Gasteiger partial charge in [-0.15, -0.1) is 22.7 Å². The van der Waals surface area contributed by atoms with Crippen LogP contribution >= 0.6 is 22.7 Å². The summed E-state index contributed by atoms with van der Waals surface area (Å²) in [4.78, 5) is 20.5. The van der Waals surface area contributed by atoms with Crippen LogP contribution in [-0.2, 0) is 24.4 Å². The zero-order valence-electron chi connectivity index (χ0n) is 13.8. The van der Waals surface area contributed by atoms with Crippen molar-refractivity contribution in [1.82, 2.24) is 20.0 Å². The number of aryl methyl sites for hydroxylation is 1. The Labute approximate surface area is 154 Å². The molecule has 0 saturated heterocycles. The van der Waals surface area contributed by atoms with Gasteiger partial charge in [-0.25, -0.2) is 9.97 Å². The molecule has 0 radical (unpaired) electrons. The predicted octanol–water partition coefficient (Wildman–Crippen LogP) is 1.74. The average Bonchev–Trinajstić information content (AvgIpc) is 3.20. The number of rotatable bonds is 6. The zero-order chi connectivity index (χ0) is 18.1. The fourth-order valence-electron chi connectivity index (χ4n) is 2.40. The molecule has 0 aliphatic carbocycles. The van der Waals surface area contributed by atoms with Gasteiger partial charge < -0.3 is 15.7 Å². The second-order valence-electron chi connectivity index (χ2n) is 5.23. The van der Waals surface area contributed by atoms with Gasteiger partial charge in [-0.3, -0.25) is 9.00 Å². The van der Waals surface area contributed by atoms with Crippen molar-refractivity contribution < 1.29 is 9.00 Å². The molecule has 3 aromatic rings. The molecule has 3 rings (SSSR count). The summed E-state index contributed by atoms with van der Waals surface area (Å²) in [7, 11) is 0.594. The highest BCUT2D eigenvalue weighted by atomic mass is 32.2. The molecule has 25 heavy (non-hydrogen) atoms. The molecular weight excluding hydrogens is 380 g/mol. The van der Waals surface area contributed by atoms with E-state index >= 15 is 0 Å². The summed E-state index contributed by atoms with van der Waals surface area (Å²) in [6.07, 6.45) is 3.17. The minimum absolute atomic E-state index is 0.0828. The Balaban J connectivity index is 1.92. The summed E-state index contributed by atoms with van der Waals surface area (Å²) in [5, 5.41) is 6.55. The first-order valence-corrected chi connectivity index (χ1v) is 10.4. The van der Waals surface area contributed by atoms with E-state index in [1.54, 1.807) is 24.1 Å². The summed E-state index contributed by atoms with van der Waals surface area (Å²) >= 11 is 2.68. The number of nitrogens with zero attached hydrogens (tertiary/aromatic N) is 4. The molecule has 0 fully saturated rings. The number of carbonyl (C=O) groups excluding carboxylic acids is 1. The van der Waals surface area contributed by atoms with Crippen LogP contribution in [0.3, 0.4) is 0 Å². The predicted molar refractivity (Wildman–Crippen MR) is 102 cm³/mol. The van der Waals surface area contributed by atoms with E-state index in [1.807, 2.05) is 5.38 Å². The zero-order valence-corrected chi connectivity index (χ0v) is 16.2. The third kappa shape index (κ3) is 3.48. The van der Waals surface area contributed by atoms with Crippen LogP contribution in [0.25, 0.3) is 10.3 Å². The number of Topliss-reactive ketones (excluding diaryl/α,β-unsaturated/α-hetero) is 1. The van der Waals surface area contributed by atoms with Gasteiger partial charge in [0.05, 0.1) is 39.6 Å². The Morgan fingerprint density at radius 1 is 1.52 bits per heavy atom. The van der Waals surface area contributed by atoms with Crippen LogP contribution in [0.4, 0.5) is 5.13 Å². The summed E-state index contributed by atoms with van der Waals surface area (Å²) in [6, 6.07) is 0. The van der Waals surface area contributed by atoms with E-state index in [9.17, 15) is 9.00 Å². The van der Waals surface area contributed by atoms with Gasteiger partial charge >= 0.3 is 0 Å². The molecule has 0 saturated carbocycles. The maximum absolute atomic E-state index is 12.0. The first-order valence-electron chi connectivity index (χ1n) is 7.18. The lowest BCUT2D eigenvalue weighted by Crippen LogP contribution is -2.08. The minimum Gasteiger partial charge on any atom is -0.375 e.